The molecule has 2 aromatic heterocycles. The van der Waals surface area contributed by atoms with Crippen LogP contribution in [0.2, 0.25) is 0 Å². The number of amides is 2. The van der Waals surface area contributed by atoms with Gasteiger partial charge in [0.25, 0.3) is 0 Å². The maximum absolute atomic E-state index is 13.6. The Morgan fingerprint density at radius 3 is 2.33 bits per heavy atom. The minimum Gasteiger partial charge on any atom is -0.457 e. The van der Waals surface area contributed by atoms with Crippen LogP contribution in [0, 0.1) is 12.3 Å². The lowest BCUT2D eigenvalue weighted by molar-refractivity contribution is -0.154. The molecule has 3 atom stereocenters. The summed E-state index contributed by atoms with van der Waals surface area (Å²) in [6.45, 7) is 7.82. The Kier molecular flexibility index (Phi) is 9.90. The number of rotatable bonds is 10. The van der Waals surface area contributed by atoms with Gasteiger partial charge in [-0.25, -0.2) is 19.4 Å². The molecule has 3 heterocycles. The molecule has 45 heavy (non-hydrogen) atoms. The number of benzene rings is 2. The van der Waals surface area contributed by atoms with Gasteiger partial charge in [0.2, 0.25) is 0 Å². The molecule has 11 heteroatoms. The highest BCUT2D eigenvalue weighted by Crippen LogP contribution is 2.35. The number of carbonyl (C=O) groups is 2. The van der Waals surface area contributed by atoms with Crippen LogP contribution in [0.3, 0.4) is 0 Å². The maximum atomic E-state index is 13.6. The third kappa shape index (κ3) is 7.73. The van der Waals surface area contributed by atoms with Gasteiger partial charge in [-0.1, -0.05) is 48.5 Å². The van der Waals surface area contributed by atoms with Crippen molar-refractivity contribution in [3.8, 4) is 16.9 Å². The van der Waals surface area contributed by atoms with E-state index in [1.165, 1.54) is 0 Å². The van der Waals surface area contributed by atoms with Crippen molar-refractivity contribution in [3.63, 3.8) is 0 Å². The third-order valence-corrected chi connectivity index (χ3v) is 7.59. The van der Waals surface area contributed by atoms with Crippen LogP contribution in [0.4, 0.5) is 10.6 Å². The number of aromatic nitrogens is 4. The molecule has 4 aromatic rings. The van der Waals surface area contributed by atoms with Crippen LogP contribution in [0.1, 0.15) is 56.7 Å². The van der Waals surface area contributed by atoms with Crippen molar-refractivity contribution >= 4 is 17.8 Å². The summed E-state index contributed by atoms with van der Waals surface area (Å²) in [6.07, 6.45) is 4.36. The zero-order valence-corrected chi connectivity index (χ0v) is 26.3. The first kappa shape index (κ1) is 31.8. The Labute approximate surface area is 263 Å². The number of nitrogens with one attached hydrogen (secondary N) is 2. The molecule has 236 valence electrons. The number of anilines is 1. The second-order valence-corrected chi connectivity index (χ2v) is 12.1. The molecule has 0 aliphatic carbocycles. The monoisotopic (exact) mass is 612 g/mol. The Morgan fingerprint density at radius 2 is 1.69 bits per heavy atom. The molecular weight excluding hydrogens is 572 g/mol. The zero-order chi connectivity index (χ0) is 32.0. The topological polar surface area (TPSA) is 129 Å². The minimum atomic E-state index is -0.615. The number of methoxy groups -OCH3 is 1. The number of esters is 1. The summed E-state index contributed by atoms with van der Waals surface area (Å²) in [7, 11) is 1.67. The summed E-state index contributed by atoms with van der Waals surface area (Å²) in [5, 5.41) is 11.1. The molecule has 2 N–H and O–H groups in total. The van der Waals surface area contributed by atoms with Crippen molar-refractivity contribution in [1.29, 1.82) is 0 Å². The van der Waals surface area contributed by atoms with Crippen LogP contribution in [-0.4, -0.2) is 57.6 Å². The summed E-state index contributed by atoms with van der Waals surface area (Å²) in [5.74, 6) is 0.569. The number of ether oxygens (including phenoxy) is 3. The van der Waals surface area contributed by atoms with Crippen LogP contribution in [0.15, 0.2) is 73.1 Å². The van der Waals surface area contributed by atoms with Crippen molar-refractivity contribution in [2.24, 2.45) is 5.41 Å². The predicted octanol–water partition coefficient (Wildman–Crippen LogP) is 5.78. The molecule has 5 rings (SSSR count). The fraction of sp³-hybridized carbons (Fsp3) is 0.382. The van der Waals surface area contributed by atoms with E-state index in [0.29, 0.717) is 35.9 Å². The maximum Gasteiger partial charge on any atom is 0.320 e. The van der Waals surface area contributed by atoms with E-state index in [9.17, 15) is 9.59 Å². The Balaban J connectivity index is 1.37. The summed E-state index contributed by atoms with van der Waals surface area (Å²) >= 11 is 0. The van der Waals surface area contributed by atoms with Crippen LogP contribution in [0.5, 0.6) is 0 Å². The molecule has 0 spiro atoms. The average molecular weight is 613 g/mol. The van der Waals surface area contributed by atoms with Gasteiger partial charge in [0, 0.05) is 37.2 Å². The second kappa shape index (κ2) is 14.0. The molecule has 1 aliphatic rings. The van der Waals surface area contributed by atoms with Crippen molar-refractivity contribution in [3.05, 3.63) is 90.0 Å². The smallest absolute Gasteiger partial charge is 0.320 e. The number of carbonyl (C=O) groups excluding carboxylic acids is 2. The molecule has 2 amide bonds. The fourth-order valence-corrected chi connectivity index (χ4v) is 5.17. The highest BCUT2D eigenvalue weighted by Gasteiger charge is 2.37. The van der Waals surface area contributed by atoms with Gasteiger partial charge in [-0.3, -0.25) is 10.1 Å². The van der Waals surface area contributed by atoms with Crippen LogP contribution >= 0.6 is 0 Å². The van der Waals surface area contributed by atoms with Crippen LogP contribution < -0.4 is 10.6 Å². The van der Waals surface area contributed by atoms with Gasteiger partial charge in [0.1, 0.15) is 17.6 Å². The molecule has 0 saturated carbocycles. The Morgan fingerprint density at radius 1 is 1.02 bits per heavy atom. The van der Waals surface area contributed by atoms with Crippen molar-refractivity contribution < 1.29 is 23.8 Å². The van der Waals surface area contributed by atoms with Gasteiger partial charge in [-0.15, -0.1) is 0 Å². The van der Waals surface area contributed by atoms with Crippen LogP contribution in [0.25, 0.3) is 16.9 Å². The Bertz CT molecular complexity index is 1590. The summed E-state index contributed by atoms with van der Waals surface area (Å²) in [4.78, 5) is 34.5. The SMILES string of the molecule is COCCC1C[C@@H](NC(=O)Nc2c(C)c(-c3cnc(COC(=O)C(C)(C)C)nc3)nn2-c2ccccc2)[C@H](c2ccccc2)O1. The molecule has 1 aliphatic heterocycles. The van der Waals surface area contributed by atoms with E-state index in [0.717, 1.165) is 23.2 Å². The zero-order valence-electron chi connectivity index (χ0n) is 26.3. The molecule has 0 bridgehead atoms. The van der Waals surface area contributed by atoms with E-state index < -0.39 is 5.41 Å². The molecule has 0 radical (unpaired) electrons. The molecule has 1 unspecified atom stereocenters. The van der Waals surface area contributed by atoms with Gasteiger partial charge < -0.3 is 19.5 Å². The molecule has 2 aromatic carbocycles. The average Bonchev–Trinajstić information content (AvgIpc) is 3.59. The fourth-order valence-electron chi connectivity index (χ4n) is 5.17. The number of hydrogen-bond acceptors (Lipinski definition) is 8. The molecule has 1 saturated heterocycles. The predicted molar refractivity (Wildman–Crippen MR) is 170 cm³/mol. The first-order valence-electron chi connectivity index (χ1n) is 15.0. The molecule has 1 fully saturated rings. The standard InChI is InChI=1S/C34H40N6O5/c1-22-29(24-19-35-28(36-20-24)21-44-32(41)34(2,3)4)39-40(25-14-10-7-11-15-25)31(22)38-33(42)37-27-18-26(16-17-43-5)45-30(27)23-12-8-6-9-13-23/h6-15,19-20,26-27,30H,16-18,21H2,1-5H3,(H2,37,38,42)/t26?,27-,30+/m1/s1. The van der Waals surface area contributed by atoms with E-state index in [4.69, 9.17) is 19.3 Å². The van der Waals surface area contributed by atoms with E-state index in [2.05, 4.69) is 20.6 Å². The van der Waals surface area contributed by atoms with E-state index >= 15 is 0 Å². The van der Waals surface area contributed by atoms with E-state index in [-0.39, 0.29) is 36.9 Å². The summed E-state index contributed by atoms with van der Waals surface area (Å²) in [6, 6.07) is 18.9. The summed E-state index contributed by atoms with van der Waals surface area (Å²) < 4.78 is 18.7. The van der Waals surface area contributed by atoms with Gasteiger partial charge in [-0.2, -0.15) is 5.10 Å². The summed E-state index contributed by atoms with van der Waals surface area (Å²) in [5.41, 5.74) is 3.18. The van der Waals surface area contributed by atoms with E-state index in [1.807, 2.05) is 67.6 Å². The molecular formula is C34H40N6O5. The lowest BCUT2D eigenvalue weighted by atomic mass is 9.97. The quantitative estimate of drug-likeness (QED) is 0.216. The third-order valence-electron chi connectivity index (χ3n) is 7.59. The Hall–Kier alpha value is -4.61. The first-order valence-corrected chi connectivity index (χ1v) is 15.0. The van der Waals surface area contributed by atoms with Crippen molar-refractivity contribution in [2.75, 3.05) is 19.0 Å². The normalized spacial score (nSPS) is 18.0. The number of nitrogens with zero attached hydrogens (tertiary/aromatic N) is 4. The number of para-hydroxylation sites is 1. The van der Waals surface area contributed by atoms with E-state index in [1.54, 1.807) is 45.0 Å². The lowest BCUT2D eigenvalue weighted by Gasteiger charge is -2.21. The van der Waals surface area contributed by atoms with Crippen molar-refractivity contribution in [1.82, 2.24) is 25.1 Å². The molecule has 11 nitrogen and oxygen atoms in total. The van der Waals surface area contributed by atoms with Crippen LogP contribution in [-0.2, 0) is 25.6 Å². The minimum absolute atomic E-state index is 0.0258. The van der Waals surface area contributed by atoms with Gasteiger partial charge >= 0.3 is 12.0 Å². The number of urea groups is 1. The first-order chi connectivity index (χ1) is 21.6. The largest absolute Gasteiger partial charge is 0.457 e. The van der Waals surface area contributed by atoms with Crippen molar-refractivity contribution in [2.45, 2.75) is 65.4 Å². The second-order valence-electron chi connectivity index (χ2n) is 12.1. The van der Waals surface area contributed by atoms with Gasteiger partial charge in [0.15, 0.2) is 12.4 Å². The van der Waals surface area contributed by atoms with Gasteiger partial charge in [-0.05, 0) is 58.2 Å². The van der Waals surface area contributed by atoms with Gasteiger partial charge in [0.05, 0.1) is 23.2 Å². The highest BCUT2D eigenvalue weighted by molar-refractivity contribution is 5.91. The highest BCUT2D eigenvalue weighted by atomic mass is 16.5. The number of hydrogen-bond donors (Lipinski definition) is 2. The lowest BCUT2D eigenvalue weighted by Crippen LogP contribution is -2.40.